The molecule has 0 saturated carbocycles. The number of rotatable bonds is 4. The third-order valence-electron chi connectivity index (χ3n) is 7.80. The van der Waals surface area contributed by atoms with Crippen LogP contribution in [0.5, 0.6) is 0 Å². The molecule has 6 atom stereocenters. The van der Waals surface area contributed by atoms with Crippen molar-refractivity contribution in [1.82, 2.24) is 10.2 Å². The molecule has 4 aromatic carbocycles. The Hall–Kier alpha value is -3.53. The molecule has 0 amide bonds. The Morgan fingerprint density at radius 3 is 1.57 bits per heavy atom. The second-order valence-corrected chi connectivity index (χ2v) is 11.2. The Balaban J connectivity index is 1.64. The Morgan fingerprint density at radius 2 is 1.05 bits per heavy atom. The zero-order valence-corrected chi connectivity index (χ0v) is 21.8. The van der Waals surface area contributed by atoms with E-state index < -0.39 is 0 Å². The third kappa shape index (κ3) is 4.43. The molecule has 2 aliphatic rings. The first-order chi connectivity index (χ1) is 18.0. The highest BCUT2D eigenvalue weighted by Gasteiger charge is 2.53. The predicted molar refractivity (Wildman–Crippen MR) is 152 cm³/mol. The van der Waals surface area contributed by atoms with Crippen molar-refractivity contribution in [3.63, 3.8) is 0 Å². The molecule has 1 fully saturated rings. The molecule has 6 rings (SSSR count). The topological polar surface area (TPSA) is 27.6 Å². The molecule has 1 N–H and O–H groups in total. The van der Waals surface area contributed by atoms with Crippen LogP contribution in [0.1, 0.15) is 67.4 Å². The van der Waals surface area contributed by atoms with E-state index in [1.807, 2.05) is 0 Å². The fourth-order valence-electron chi connectivity index (χ4n) is 6.24. The van der Waals surface area contributed by atoms with Crippen molar-refractivity contribution in [2.24, 2.45) is 16.3 Å². The van der Waals surface area contributed by atoms with E-state index in [9.17, 15) is 0 Å². The van der Waals surface area contributed by atoms with Gasteiger partial charge in [-0.3, -0.25) is 15.2 Å². The molecule has 3 nitrogen and oxygen atoms in total. The summed E-state index contributed by atoms with van der Waals surface area (Å²) in [4.78, 5) is 8.26. The summed E-state index contributed by atoms with van der Waals surface area (Å²) >= 11 is 0. The van der Waals surface area contributed by atoms with E-state index in [4.69, 9.17) is 4.99 Å². The molecular formula is C34H35N3. The lowest BCUT2D eigenvalue weighted by Gasteiger charge is -2.57. The minimum absolute atomic E-state index is 0.00309. The Kier molecular flexibility index (Phi) is 6.27. The number of nitrogens with zero attached hydrogens (tertiary/aromatic N) is 2. The van der Waals surface area contributed by atoms with Crippen LogP contribution in [0.25, 0.3) is 0 Å². The highest BCUT2D eigenvalue weighted by atomic mass is 15.4. The van der Waals surface area contributed by atoms with Crippen molar-refractivity contribution in [3.8, 4) is 0 Å². The lowest BCUT2D eigenvalue weighted by atomic mass is 9.68. The molecule has 37 heavy (non-hydrogen) atoms. The lowest BCUT2D eigenvalue weighted by Crippen LogP contribution is -2.59. The third-order valence-corrected chi connectivity index (χ3v) is 7.80. The largest absolute Gasteiger partial charge is 0.290 e. The smallest absolute Gasteiger partial charge is 0.130 e. The molecule has 1 saturated heterocycles. The summed E-state index contributed by atoms with van der Waals surface area (Å²) in [6, 6.07) is 44.0. The van der Waals surface area contributed by atoms with E-state index in [0.717, 1.165) is 0 Å². The average Bonchev–Trinajstić information content (AvgIpc) is 2.94. The first-order valence-electron chi connectivity index (χ1n) is 13.3. The van der Waals surface area contributed by atoms with Gasteiger partial charge in [0.2, 0.25) is 0 Å². The van der Waals surface area contributed by atoms with Gasteiger partial charge >= 0.3 is 0 Å². The second kappa shape index (κ2) is 9.74. The first kappa shape index (κ1) is 23.8. The van der Waals surface area contributed by atoms with Gasteiger partial charge in [-0.2, -0.15) is 0 Å². The van der Waals surface area contributed by atoms with E-state index >= 15 is 0 Å². The first-order valence-corrected chi connectivity index (χ1v) is 13.3. The van der Waals surface area contributed by atoms with E-state index in [2.05, 4.69) is 152 Å². The minimum Gasteiger partial charge on any atom is -0.290 e. The summed E-state index contributed by atoms with van der Waals surface area (Å²) in [5.74, 6) is 0.185. The molecule has 2 heterocycles. The van der Waals surface area contributed by atoms with Gasteiger partial charge in [-0.05, 0) is 22.3 Å². The number of aliphatic imine (C=N–C) groups is 1. The molecule has 186 valence electrons. The number of hydrogen-bond donors (Lipinski definition) is 1. The van der Waals surface area contributed by atoms with E-state index in [1.54, 1.807) is 0 Å². The van der Waals surface area contributed by atoms with Crippen molar-refractivity contribution < 1.29 is 0 Å². The standard InChI is InChI=1S/C34H35N3/c1-34(2,3)31-28-29(24-16-8-4-9-17-24)35-32(26-20-12-6-13-21-26)37(30(28)25-18-10-5-11-19-25)33(36-31)27-22-14-7-15-23-27/h4-23,28-30,32-33,35H,1-3H3. The molecule has 0 aromatic heterocycles. The van der Waals surface area contributed by atoms with Gasteiger partial charge in [0, 0.05) is 29.1 Å². The zero-order valence-electron chi connectivity index (χ0n) is 21.8. The number of fused-ring (bicyclic) bond motifs is 2. The van der Waals surface area contributed by atoms with E-state index in [-0.39, 0.29) is 35.7 Å². The van der Waals surface area contributed by atoms with Crippen molar-refractivity contribution in [1.29, 1.82) is 0 Å². The van der Waals surface area contributed by atoms with E-state index in [1.165, 1.54) is 28.0 Å². The van der Waals surface area contributed by atoms with Crippen LogP contribution < -0.4 is 5.32 Å². The highest BCUT2D eigenvalue weighted by molar-refractivity contribution is 5.94. The number of benzene rings is 4. The number of nitrogens with one attached hydrogen (secondary N) is 1. The minimum atomic E-state index is -0.0914. The summed E-state index contributed by atoms with van der Waals surface area (Å²) in [5.41, 5.74) is 6.34. The summed E-state index contributed by atoms with van der Waals surface area (Å²) in [5, 5.41) is 4.13. The van der Waals surface area contributed by atoms with Gasteiger partial charge in [0.15, 0.2) is 0 Å². The van der Waals surface area contributed by atoms with Crippen LogP contribution in [0.3, 0.4) is 0 Å². The molecule has 0 spiro atoms. The van der Waals surface area contributed by atoms with Crippen LogP contribution in [-0.4, -0.2) is 10.6 Å². The van der Waals surface area contributed by atoms with Gasteiger partial charge in [-0.15, -0.1) is 0 Å². The monoisotopic (exact) mass is 485 g/mol. The van der Waals surface area contributed by atoms with Crippen LogP contribution >= 0.6 is 0 Å². The molecule has 0 aliphatic carbocycles. The second-order valence-electron chi connectivity index (χ2n) is 11.2. The summed E-state index contributed by atoms with van der Waals surface area (Å²) in [7, 11) is 0. The van der Waals surface area contributed by atoms with E-state index in [0.29, 0.717) is 0 Å². The zero-order chi connectivity index (χ0) is 25.4. The van der Waals surface area contributed by atoms with Crippen molar-refractivity contribution >= 4 is 5.71 Å². The average molecular weight is 486 g/mol. The summed E-state index contributed by atoms with van der Waals surface area (Å²) < 4.78 is 0. The molecule has 2 aliphatic heterocycles. The van der Waals surface area contributed by atoms with Crippen molar-refractivity contribution in [2.45, 2.75) is 45.2 Å². The van der Waals surface area contributed by atoms with Gasteiger partial charge in [0.1, 0.15) is 6.17 Å². The fraction of sp³-hybridized carbons (Fsp3) is 0.265. The number of hydrogen-bond acceptors (Lipinski definition) is 3. The van der Waals surface area contributed by atoms with Crippen LogP contribution in [0, 0.1) is 11.3 Å². The van der Waals surface area contributed by atoms with Gasteiger partial charge in [0.05, 0.1) is 6.17 Å². The highest BCUT2D eigenvalue weighted by Crippen LogP contribution is 2.55. The quantitative estimate of drug-likeness (QED) is 0.318. The van der Waals surface area contributed by atoms with Crippen LogP contribution in [0.15, 0.2) is 126 Å². The normalized spacial score (nSPS) is 27.4. The summed E-state index contributed by atoms with van der Waals surface area (Å²) in [6.45, 7) is 6.95. The Labute approximate surface area is 220 Å². The molecule has 6 unspecified atom stereocenters. The fourth-order valence-corrected chi connectivity index (χ4v) is 6.24. The van der Waals surface area contributed by atoms with Crippen LogP contribution in [0.4, 0.5) is 0 Å². The van der Waals surface area contributed by atoms with Gasteiger partial charge in [-0.25, -0.2) is 0 Å². The molecule has 2 bridgehead atoms. The molecule has 0 radical (unpaired) electrons. The van der Waals surface area contributed by atoms with Crippen molar-refractivity contribution in [3.05, 3.63) is 144 Å². The molecule has 4 aromatic rings. The van der Waals surface area contributed by atoms with Gasteiger partial charge in [0.25, 0.3) is 0 Å². The van der Waals surface area contributed by atoms with Crippen LogP contribution in [0.2, 0.25) is 0 Å². The summed E-state index contributed by atoms with van der Waals surface area (Å²) in [6.07, 6.45) is -0.0883. The van der Waals surface area contributed by atoms with Gasteiger partial charge in [-0.1, -0.05) is 142 Å². The maximum atomic E-state index is 5.64. The maximum Gasteiger partial charge on any atom is 0.130 e. The Bertz CT molecular complexity index is 1340. The van der Waals surface area contributed by atoms with Crippen molar-refractivity contribution in [2.75, 3.05) is 0 Å². The SMILES string of the molecule is CC(C)(C)C1=NC(c2ccccc2)N2C(c3ccccc3)NC(c3ccccc3)C1C2c1ccccc1. The Morgan fingerprint density at radius 1 is 0.595 bits per heavy atom. The maximum absolute atomic E-state index is 5.64. The molecule has 3 heteroatoms. The van der Waals surface area contributed by atoms with Gasteiger partial charge < -0.3 is 0 Å². The molecular weight excluding hydrogens is 450 g/mol. The predicted octanol–water partition coefficient (Wildman–Crippen LogP) is 7.89. The van der Waals surface area contributed by atoms with Crippen LogP contribution in [-0.2, 0) is 0 Å². The lowest BCUT2D eigenvalue weighted by molar-refractivity contribution is -0.0293.